The molecule has 0 bridgehead atoms. The first-order valence-corrected chi connectivity index (χ1v) is 4.48. The molecule has 70 valence electrons. The first-order valence-electron chi connectivity index (χ1n) is 4.10. The van der Waals surface area contributed by atoms with Crippen molar-refractivity contribution in [2.45, 2.75) is 12.5 Å². The molecule has 2 nitrogen and oxygen atoms in total. The second-order valence-corrected chi connectivity index (χ2v) is 3.33. The van der Waals surface area contributed by atoms with Gasteiger partial charge in [-0.15, -0.1) is 0 Å². The summed E-state index contributed by atoms with van der Waals surface area (Å²) < 4.78 is 13.0. The largest absolute Gasteiger partial charge is 0.301 e. The zero-order valence-electron chi connectivity index (χ0n) is 6.89. The van der Waals surface area contributed by atoms with E-state index in [0.29, 0.717) is 6.61 Å². The molecule has 4 heteroatoms. The molecule has 0 radical (unpaired) electrons. The Labute approximate surface area is 80.6 Å². The fraction of sp³-hybridized carbons (Fsp3) is 0.333. The van der Waals surface area contributed by atoms with Crippen molar-refractivity contribution in [3.05, 3.63) is 34.6 Å². The van der Waals surface area contributed by atoms with Crippen molar-refractivity contribution in [1.29, 1.82) is 0 Å². The number of halogens is 2. The van der Waals surface area contributed by atoms with Crippen LogP contribution < -0.4 is 5.48 Å². The van der Waals surface area contributed by atoms with Gasteiger partial charge in [0, 0.05) is 0 Å². The normalized spacial score (nSPS) is 22.2. The van der Waals surface area contributed by atoms with Crippen LogP contribution in [0.4, 0.5) is 4.39 Å². The third-order valence-corrected chi connectivity index (χ3v) is 2.49. The van der Waals surface area contributed by atoms with E-state index < -0.39 is 0 Å². The smallest absolute Gasteiger partial charge is 0.142 e. The highest BCUT2D eigenvalue weighted by Crippen LogP contribution is 2.29. The van der Waals surface area contributed by atoms with E-state index in [9.17, 15) is 4.39 Å². The van der Waals surface area contributed by atoms with E-state index in [-0.39, 0.29) is 16.9 Å². The molecule has 2 rings (SSSR count). The number of hydroxylamine groups is 1. The summed E-state index contributed by atoms with van der Waals surface area (Å²) in [5, 5.41) is 0.186. The van der Waals surface area contributed by atoms with Crippen LogP contribution in [0, 0.1) is 5.82 Å². The molecule has 0 aromatic heterocycles. The summed E-state index contributed by atoms with van der Waals surface area (Å²) in [4.78, 5) is 4.98. The molecule has 1 saturated heterocycles. The average Bonchev–Trinajstić information content (AvgIpc) is 2.62. The molecule has 1 aromatic carbocycles. The van der Waals surface area contributed by atoms with Gasteiger partial charge in [0.25, 0.3) is 0 Å². The van der Waals surface area contributed by atoms with Gasteiger partial charge < -0.3 is 4.84 Å². The molecule has 0 spiro atoms. The molecule has 1 fully saturated rings. The zero-order valence-corrected chi connectivity index (χ0v) is 7.64. The highest BCUT2D eigenvalue weighted by molar-refractivity contribution is 6.31. The molecule has 0 saturated carbocycles. The SMILES string of the molecule is Fc1cccc(C2CCON2)c1Cl. The summed E-state index contributed by atoms with van der Waals surface area (Å²) in [6.45, 7) is 0.636. The third-order valence-electron chi connectivity index (χ3n) is 2.09. The molecular weight excluding hydrogens is 193 g/mol. The number of rotatable bonds is 1. The second-order valence-electron chi connectivity index (χ2n) is 2.95. The minimum atomic E-state index is -0.382. The summed E-state index contributed by atoms with van der Waals surface area (Å²) in [5.74, 6) is -0.382. The molecule has 1 unspecified atom stereocenters. The molecule has 1 aliphatic heterocycles. The predicted octanol–water partition coefficient (Wildman–Crippen LogP) is 2.45. The van der Waals surface area contributed by atoms with Crippen molar-refractivity contribution in [3.63, 3.8) is 0 Å². The van der Waals surface area contributed by atoms with E-state index in [1.54, 1.807) is 12.1 Å². The van der Waals surface area contributed by atoms with Gasteiger partial charge in [-0.2, -0.15) is 5.48 Å². The highest BCUT2D eigenvalue weighted by atomic mass is 35.5. The lowest BCUT2D eigenvalue weighted by Crippen LogP contribution is -2.12. The van der Waals surface area contributed by atoms with Crippen LogP contribution in [0.25, 0.3) is 0 Å². The molecular formula is C9H9ClFNO. The number of benzene rings is 1. The Bertz CT molecular complexity index is 312. The Morgan fingerprint density at radius 3 is 3.08 bits per heavy atom. The van der Waals surface area contributed by atoms with Crippen LogP contribution in [0.5, 0.6) is 0 Å². The van der Waals surface area contributed by atoms with Crippen LogP contribution in [-0.2, 0) is 4.84 Å². The van der Waals surface area contributed by atoms with Crippen LogP contribution in [0.15, 0.2) is 18.2 Å². The van der Waals surface area contributed by atoms with Crippen molar-refractivity contribution in [1.82, 2.24) is 5.48 Å². The van der Waals surface area contributed by atoms with Crippen molar-refractivity contribution >= 4 is 11.6 Å². The predicted molar refractivity (Wildman–Crippen MR) is 47.9 cm³/mol. The van der Waals surface area contributed by atoms with E-state index in [0.717, 1.165) is 12.0 Å². The van der Waals surface area contributed by atoms with Gasteiger partial charge in [-0.25, -0.2) is 4.39 Å². The van der Waals surface area contributed by atoms with Crippen molar-refractivity contribution in [2.24, 2.45) is 0 Å². The van der Waals surface area contributed by atoms with Crippen molar-refractivity contribution < 1.29 is 9.23 Å². The summed E-state index contributed by atoms with van der Waals surface area (Å²) >= 11 is 5.80. The summed E-state index contributed by atoms with van der Waals surface area (Å²) in [6, 6.07) is 4.82. The average molecular weight is 202 g/mol. The summed E-state index contributed by atoms with van der Waals surface area (Å²) in [5.41, 5.74) is 3.55. The van der Waals surface area contributed by atoms with E-state index in [4.69, 9.17) is 16.4 Å². The van der Waals surface area contributed by atoms with E-state index in [1.807, 2.05) is 0 Å². The molecule has 0 amide bonds. The highest BCUT2D eigenvalue weighted by Gasteiger charge is 2.20. The summed E-state index contributed by atoms with van der Waals surface area (Å²) in [7, 11) is 0. The van der Waals surface area contributed by atoms with Gasteiger partial charge in [-0.1, -0.05) is 23.7 Å². The van der Waals surface area contributed by atoms with E-state index in [2.05, 4.69) is 5.48 Å². The van der Waals surface area contributed by atoms with E-state index in [1.165, 1.54) is 6.07 Å². The maximum atomic E-state index is 13.0. The number of nitrogens with one attached hydrogen (secondary N) is 1. The van der Waals surface area contributed by atoms with Gasteiger partial charge in [-0.3, -0.25) is 0 Å². The van der Waals surface area contributed by atoms with Crippen LogP contribution in [0.1, 0.15) is 18.0 Å². The monoisotopic (exact) mass is 201 g/mol. The van der Waals surface area contributed by atoms with Gasteiger partial charge in [-0.05, 0) is 18.1 Å². The molecule has 1 aromatic rings. The lowest BCUT2D eigenvalue weighted by molar-refractivity contribution is 0.0882. The Hall–Kier alpha value is -0.640. The maximum absolute atomic E-state index is 13.0. The van der Waals surface area contributed by atoms with Gasteiger partial charge in [0.05, 0.1) is 17.7 Å². The van der Waals surface area contributed by atoms with Gasteiger partial charge in [0.1, 0.15) is 5.82 Å². The zero-order chi connectivity index (χ0) is 9.26. The van der Waals surface area contributed by atoms with Crippen LogP contribution in [0.3, 0.4) is 0 Å². The molecule has 1 atom stereocenters. The minimum absolute atomic E-state index is 0.0169. The lowest BCUT2D eigenvalue weighted by Gasteiger charge is -2.10. The molecule has 1 heterocycles. The third kappa shape index (κ3) is 1.68. The molecule has 13 heavy (non-hydrogen) atoms. The standard InChI is InChI=1S/C9H9ClFNO/c10-9-6(2-1-3-7(9)11)8-4-5-13-12-8/h1-3,8,12H,4-5H2. The Morgan fingerprint density at radius 2 is 2.38 bits per heavy atom. The summed E-state index contributed by atoms with van der Waals surface area (Å²) in [6.07, 6.45) is 0.823. The Morgan fingerprint density at radius 1 is 1.54 bits per heavy atom. The molecule has 1 N–H and O–H groups in total. The van der Waals surface area contributed by atoms with Crippen LogP contribution >= 0.6 is 11.6 Å². The maximum Gasteiger partial charge on any atom is 0.142 e. The van der Waals surface area contributed by atoms with Crippen LogP contribution in [0.2, 0.25) is 5.02 Å². The lowest BCUT2D eigenvalue weighted by atomic mass is 10.1. The van der Waals surface area contributed by atoms with Gasteiger partial charge in [0.2, 0.25) is 0 Å². The second kappa shape index (κ2) is 3.62. The van der Waals surface area contributed by atoms with Crippen LogP contribution in [-0.4, -0.2) is 6.61 Å². The number of hydrogen-bond acceptors (Lipinski definition) is 2. The topological polar surface area (TPSA) is 21.3 Å². The fourth-order valence-corrected chi connectivity index (χ4v) is 1.66. The quantitative estimate of drug-likeness (QED) is 0.754. The number of hydrogen-bond donors (Lipinski definition) is 1. The molecule has 0 aliphatic carbocycles. The minimum Gasteiger partial charge on any atom is -0.301 e. The Kier molecular flexibility index (Phi) is 2.49. The first-order chi connectivity index (χ1) is 6.29. The molecule has 1 aliphatic rings. The fourth-order valence-electron chi connectivity index (χ4n) is 1.40. The van der Waals surface area contributed by atoms with Crippen molar-refractivity contribution in [3.8, 4) is 0 Å². The Balaban J connectivity index is 2.33. The van der Waals surface area contributed by atoms with Crippen molar-refractivity contribution in [2.75, 3.05) is 6.61 Å². The van der Waals surface area contributed by atoms with Gasteiger partial charge in [0.15, 0.2) is 0 Å². The first kappa shape index (κ1) is 8.94. The van der Waals surface area contributed by atoms with E-state index >= 15 is 0 Å². The van der Waals surface area contributed by atoms with Gasteiger partial charge >= 0.3 is 0 Å².